The maximum absolute atomic E-state index is 12.7. The molecule has 8 heteroatoms. The summed E-state index contributed by atoms with van der Waals surface area (Å²) in [4.78, 5) is 11.8. The number of hydrogen-bond donors (Lipinski definition) is 2. The van der Waals surface area contributed by atoms with E-state index >= 15 is 0 Å². The molecule has 2 aromatic carbocycles. The Kier molecular flexibility index (Phi) is 4.10. The number of benzene rings is 2. The second kappa shape index (κ2) is 6.44. The molecule has 0 aliphatic heterocycles. The molecule has 6 nitrogen and oxygen atoms in total. The number of sulfonamides is 1. The average molecular weight is 385 g/mol. The summed E-state index contributed by atoms with van der Waals surface area (Å²) in [7, 11) is -3.78. The van der Waals surface area contributed by atoms with Crippen LogP contribution in [0.3, 0.4) is 0 Å². The molecule has 0 bridgehead atoms. The summed E-state index contributed by atoms with van der Waals surface area (Å²) >= 11 is 6.03. The lowest BCUT2D eigenvalue weighted by Crippen LogP contribution is -2.13. The van der Waals surface area contributed by atoms with E-state index in [1.807, 2.05) is 12.1 Å². The first-order valence-electron chi connectivity index (χ1n) is 7.70. The van der Waals surface area contributed by atoms with Gasteiger partial charge in [0.05, 0.1) is 26.6 Å². The minimum Gasteiger partial charge on any atom is -0.338 e. The van der Waals surface area contributed by atoms with Crippen LogP contribution in [0.1, 0.15) is 0 Å². The van der Waals surface area contributed by atoms with Crippen molar-refractivity contribution in [2.75, 3.05) is 4.72 Å². The largest absolute Gasteiger partial charge is 0.338 e. The van der Waals surface area contributed by atoms with Gasteiger partial charge in [-0.05, 0) is 42.5 Å². The number of anilines is 1. The van der Waals surface area contributed by atoms with Gasteiger partial charge in [-0.3, -0.25) is 9.71 Å². The lowest BCUT2D eigenvalue weighted by Gasteiger charge is -2.09. The maximum Gasteiger partial charge on any atom is 0.262 e. The molecule has 0 amide bonds. The lowest BCUT2D eigenvalue weighted by atomic mass is 10.3. The molecule has 0 saturated heterocycles. The van der Waals surface area contributed by atoms with E-state index in [1.54, 1.807) is 48.8 Å². The highest BCUT2D eigenvalue weighted by Crippen LogP contribution is 2.26. The minimum absolute atomic E-state index is 0.117. The predicted molar refractivity (Wildman–Crippen MR) is 102 cm³/mol. The zero-order valence-electron chi connectivity index (χ0n) is 13.3. The van der Waals surface area contributed by atoms with Crippen molar-refractivity contribution in [1.82, 2.24) is 15.0 Å². The van der Waals surface area contributed by atoms with Crippen LogP contribution in [0.4, 0.5) is 5.69 Å². The van der Waals surface area contributed by atoms with Crippen molar-refractivity contribution in [3.8, 4) is 11.4 Å². The van der Waals surface area contributed by atoms with Crippen LogP contribution in [0, 0.1) is 0 Å². The van der Waals surface area contributed by atoms with Crippen LogP contribution in [0.15, 0.2) is 71.9 Å². The molecule has 0 saturated carbocycles. The van der Waals surface area contributed by atoms with Crippen LogP contribution in [-0.2, 0) is 10.0 Å². The van der Waals surface area contributed by atoms with Crippen molar-refractivity contribution in [2.45, 2.75) is 4.90 Å². The zero-order valence-corrected chi connectivity index (χ0v) is 14.9. The molecule has 0 aliphatic rings. The van der Waals surface area contributed by atoms with Gasteiger partial charge in [0.2, 0.25) is 0 Å². The van der Waals surface area contributed by atoms with Crippen molar-refractivity contribution in [2.24, 2.45) is 0 Å². The van der Waals surface area contributed by atoms with Crippen molar-refractivity contribution in [3.63, 3.8) is 0 Å². The summed E-state index contributed by atoms with van der Waals surface area (Å²) in [6.07, 6.45) is 3.37. The highest BCUT2D eigenvalue weighted by atomic mass is 35.5. The monoisotopic (exact) mass is 384 g/mol. The standard InChI is InChI=1S/C18H13ClN4O2S/c19-14-5-1-2-6-15(14)23-26(24,25)13-7-8-16-17(10-13)22-18(21-16)12-4-3-9-20-11-12/h1-11,23H,(H,21,22). The van der Waals surface area contributed by atoms with Crippen molar-refractivity contribution in [3.05, 3.63) is 72.0 Å². The molecule has 2 aromatic heterocycles. The number of aromatic amines is 1. The fraction of sp³-hybridized carbons (Fsp3) is 0. The van der Waals surface area contributed by atoms with E-state index in [0.29, 0.717) is 27.6 Å². The molecule has 130 valence electrons. The fourth-order valence-electron chi connectivity index (χ4n) is 2.54. The highest BCUT2D eigenvalue weighted by molar-refractivity contribution is 7.92. The van der Waals surface area contributed by atoms with E-state index in [9.17, 15) is 8.42 Å². The number of halogens is 1. The van der Waals surface area contributed by atoms with E-state index in [-0.39, 0.29) is 4.90 Å². The van der Waals surface area contributed by atoms with Crippen LogP contribution in [0.2, 0.25) is 5.02 Å². The van der Waals surface area contributed by atoms with Crippen LogP contribution in [0.25, 0.3) is 22.4 Å². The number of rotatable bonds is 4. The van der Waals surface area contributed by atoms with Gasteiger partial charge < -0.3 is 4.98 Å². The Labute approximate surface area is 154 Å². The van der Waals surface area contributed by atoms with Gasteiger partial charge in [0.15, 0.2) is 0 Å². The Morgan fingerprint density at radius 3 is 2.65 bits per heavy atom. The molecule has 0 radical (unpaired) electrons. The number of aromatic nitrogens is 3. The number of para-hydroxylation sites is 1. The molecule has 2 heterocycles. The number of nitrogens with zero attached hydrogens (tertiary/aromatic N) is 2. The summed E-state index contributed by atoms with van der Waals surface area (Å²) in [6, 6.07) is 15.1. The number of pyridine rings is 1. The first-order valence-corrected chi connectivity index (χ1v) is 9.56. The first kappa shape index (κ1) is 16.6. The van der Waals surface area contributed by atoms with E-state index < -0.39 is 10.0 Å². The molecule has 0 atom stereocenters. The van der Waals surface area contributed by atoms with Crippen molar-refractivity contribution in [1.29, 1.82) is 0 Å². The molecule has 4 rings (SSSR count). The summed E-state index contributed by atoms with van der Waals surface area (Å²) < 4.78 is 27.8. The number of H-pyrrole nitrogens is 1. The van der Waals surface area contributed by atoms with Gasteiger partial charge in [0.25, 0.3) is 10.0 Å². The van der Waals surface area contributed by atoms with E-state index in [2.05, 4.69) is 19.7 Å². The number of hydrogen-bond acceptors (Lipinski definition) is 4. The van der Waals surface area contributed by atoms with Crippen LogP contribution >= 0.6 is 11.6 Å². The fourth-order valence-corrected chi connectivity index (χ4v) is 3.89. The van der Waals surface area contributed by atoms with Gasteiger partial charge in [-0.2, -0.15) is 0 Å². The molecular formula is C18H13ClN4O2S. The maximum atomic E-state index is 12.7. The molecule has 0 spiro atoms. The third kappa shape index (κ3) is 3.14. The SMILES string of the molecule is O=S(=O)(Nc1ccccc1Cl)c1ccc2nc(-c3cccnc3)[nH]c2c1. The van der Waals surface area contributed by atoms with Crippen molar-refractivity contribution >= 4 is 38.3 Å². The molecule has 0 aliphatic carbocycles. The summed E-state index contributed by atoms with van der Waals surface area (Å²) in [5.41, 5.74) is 2.43. The summed E-state index contributed by atoms with van der Waals surface area (Å²) in [5, 5.41) is 0.331. The Morgan fingerprint density at radius 2 is 1.88 bits per heavy atom. The van der Waals surface area contributed by atoms with Gasteiger partial charge in [-0.25, -0.2) is 13.4 Å². The summed E-state index contributed by atoms with van der Waals surface area (Å²) in [5.74, 6) is 0.627. The second-order valence-electron chi connectivity index (χ2n) is 5.59. The zero-order chi connectivity index (χ0) is 18.1. The van der Waals surface area contributed by atoms with Crippen LogP contribution in [-0.4, -0.2) is 23.4 Å². The molecule has 0 fully saturated rings. The topological polar surface area (TPSA) is 87.7 Å². The van der Waals surface area contributed by atoms with Gasteiger partial charge in [0, 0.05) is 18.0 Å². The Balaban J connectivity index is 1.72. The molecular weight excluding hydrogens is 372 g/mol. The van der Waals surface area contributed by atoms with Crippen LogP contribution < -0.4 is 4.72 Å². The third-order valence-electron chi connectivity index (χ3n) is 3.82. The third-order valence-corrected chi connectivity index (χ3v) is 5.51. The van der Waals surface area contributed by atoms with E-state index in [4.69, 9.17) is 11.6 Å². The molecule has 26 heavy (non-hydrogen) atoms. The number of fused-ring (bicyclic) bond motifs is 1. The summed E-state index contributed by atoms with van der Waals surface area (Å²) in [6.45, 7) is 0. The average Bonchev–Trinajstić information content (AvgIpc) is 3.07. The van der Waals surface area contributed by atoms with Gasteiger partial charge in [0.1, 0.15) is 5.82 Å². The second-order valence-corrected chi connectivity index (χ2v) is 7.68. The first-order chi connectivity index (χ1) is 12.5. The quantitative estimate of drug-likeness (QED) is 0.555. The molecule has 2 N–H and O–H groups in total. The number of imidazole rings is 1. The van der Waals surface area contributed by atoms with Crippen molar-refractivity contribution < 1.29 is 8.42 Å². The molecule has 0 unspecified atom stereocenters. The Bertz CT molecular complexity index is 1190. The minimum atomic E-state index is -3.78. The molecule has 4 aromatic rings. The lowest BCUT2D eigenvalue weighted by molar-refractivity contribution is 0.601. The Hall–Kier alpha value is -2.90. The van der Waals surface area contributed by atoms with Crippen LogP contribution in [0.5, 0.6) is 0 Å². The van der Waals surface area contributed by atoms with E-state index in [1.165, 1.54) is 6.07 Å². The van der Waals surface area contributed by atoms with E-state index in [0.717, 1.165) is 5.56 Å². The Morgan fingerprint density at radius 1 is 1.04 bits per heavy atom. The number of nitrogens with one attached hydrogen (secondary N) is 2. The predicted octanol–water partition coefficient (Wildman–Crippen LogP) is 4.08. The van der Waals surface area contributed by atoms with Gasteiger partial charge in [-0.1, -0.05) is 23.7 Å². The smallest absolute Gasteiger partial charge is 0.262 e. The normalized spacial score (nSPS) is 11.6. The van der Waals surface area contributed by atoms with Gasteiger partial charge >= 0.3 is 0 Å². The highest BCUT2D eigenvalue weighted by Gasteiger charge is 2.17. The van der Waals surface area contributed by atoms with Gasteiger partial charge in [-0.15, -0.1) is 0 Å².